The summed E-state index contributed by atoms with van der Waals surface area (Å²) in [6.07, 6.45) is 1.80. The zero-order valence-corrected chi connectivity index (χ0v) is 13.3. The lowest BCUT2D eigenvalue weighted by molar-refractivity contribution is -0.384. The lowest BCUT2D eigenvalue weighted by Gasteiger charge is -2.25. The number of carbonyl (C=O) groups excluding carboxylic acids is 1. The molecule has 1 unspecified atom stereocenters. The molecule has 1 atom stereocenters. The first-order valence-electron chi connectivity index (χ1n) is 7.79. The summed E-state index contributed by atoms with van der Waals surface area (Å²) < 4.78 is 5.17. The molecule has 1 fully saturated rings. The summed E-state index contributed by atoms with van der Waals surface area (Å²) in [5.41, 5.74) is 1.33. The lowest BCUT2D eigenvalue weighted by Crippen LogP contribution is -2.30. The monoisotopic (exact) mass is 326 g/mol. The first-order valence-corrected chi connectivity index (χ1v) is 7.79. The number of amides is 1. The molecule has 0 N–H and O–H groups in total. The van der Waals surface area contributed by atoms with E-state index in [2.05, 4.69) is 0 Å². The predicted octanol–water partition coefficient (Wildman–Crippen LogP) is 3.58. The van der Waals surface area contributed by atoms with E-state index in [1.54, 1.807) is 24.1 Å². The van der Waals surface area contributed by atoms with Crippen LogP contribution in [0.1, 0.15) is 34.8 Å². The molecule has 0 spiro atoms. The Labute approximate surface area is 139 Å². The van der Waals surface area contributed by atoms with E-state index < -0.39 is 4.92 Å². The Hall–Kier alpha value is -2.89. The molecule has 0 aliphatic carbocycles. The third kappa shape index (κ3) is 3.08. The molecule has 2 aromatic carbocycles. The van der Waals surface area contributed by atoms with Gasteiger partial charge in [-0.3, -0.25) is 14.9 Å². The van der Waals surface area contributed by atoms with Gasteiger partial charge in [0.2, 0.25) is 0 Å². The van der Waals surface area contributed by atoms with Gasteiger partial charge in [-0.1, -0.05) is 18.2 Å². The molecule has 0 aromatic heterocycles. The molecular formula is C18H18N2O4. The number of methoxy groups -OCH3 is 1. The van der Waals surface area contributed by atoms with Crippen LogP contribution >= 0.6 is 0 Å². The van der Waals surface area contributed by atoms with E-state index in [0.29, 0.717) is 12.1 Å². The van der Waals surface area contributed by atoms with Gasteiger partial charge >= 0.3 is 0 Å². The van der Waals surface area contributed by atoms with E-state index in [-0.39, 0.29) is 17.6 Å². The number of benzene rings is 2. The second-order valence-corrected chi connectivity index (χ2v) is 5.74. The van der Waals surface area contributed by atoms with Crippen molar-refractivity contribution in [2.24, 2.45) is 0 Å². The van der Waals surface area contributed by atoms with Crippen molar-refractivity contribution in [3.63, 3.8) is 0 Å². The lowest BCUT2D eigenvalue weighted by atomic mass is 10.0. The second kappa shape index (κ2) is 6.70. The fraction of sp³-hybridized carbons (Fsp3) is 0.278. The van der Waals surface area contributed by atoms with Crippen molar-refractivity contribution in [1.29, 1.82) is 0 Å². The van der Waals surface area contributed by atoms with Gasteiger partial charge in [0.25, 0.3) is 11.6 Å². The Morgan fingerprint density at radius 1 is 1.25 bits per heavy atom. The van der Waals surface area contributed by atoms with E-state index >= 15 is 0 Å². The number of ether oxygens (including phenoxy) is 1. The summed E-state index contributed by atoms with van der Waals surface area (Å²) in [6, 6.07) is 13.6. The first-order chi connectivity index (χ1) is 11.6. The summed E-state index contributed by atoms with van der Waals surface area (Å²) in [5.74, 6) is 0.602. The van der Waals surface area contributed by atoms with Crippen molar-refractivity contribution in [3.8, 4) is 5.75 Å². The van der Waals surface area contributed by atoms with E-state index in [9.17, 15) is 14.9 Å². The molecular weight excluding hydrogens is 308 g/mol. The highest BCUT2D eigenvalue weighted by atomic mass is 16.6. The molecule has 0 bridgehead atoms. The summed E-state index contributed by atoms with van der Waals surface area (Å²) >= 11 is 0. The topological polar surface area (TPSA) is 72.7 Å². The number of nitro groups is 1. The molecule has 1 saturated heterocycles. The number of nitrogens with zero attached hydrogens (tertiary/aromatic N) is 2. The van der Waals surface area contributed by atoms with Crippen molar-refractivity contribution >= 4 is 11.6 Å². The Balaban J connectivity index is 1.85. The van der Waals surface area contributed by atoms with Gasteiger partial charge in [-0.25, -0.2) is 0 Å². The predicted molar refractivity (Wildman–Crippen MR) is 89.1 cm³/mol. The third-order valence-electron chi connectivity index (χ3n) is 4.32. The first kappa shape index (κ1) is 16.0. The Kier molecular flexibility index (Phi) is 4.46. The van der Waals surface area contributed by atoms with Crippen LogP contribution in [0.3, 0.4) is 0 Å². The molecule has 1 aliphatic heterocycles. The molecule has 1 heterocycles. The van der Waals surface area contributed by atoms with Crippen LogP contribution in [0, 0.1) is 10.1 Å². The van der Waals surface area contributed by atoms with Crippen LogP contribution in [0.4, 0.5) is 5.69 Å². The highest BCUT2D eigenvalue weighted by Gasteiger charge is 2.31. The van der Waals surface area contributed by atoms with Crippen molar-refractivity contribution in [2.75, 3.05) is 13.7 Å². The van der Waals surface area contributed by atoms with Gasteiger partial charge in [0.15, 0.2) is 0 Å². The summed E-state index contributed by atoms with van der Waals surface area (Å²) in [7, 11) is 1.61. The maximum Gasteiger partial charge on any atom is 0.270 e. The molecule has 2 aromatic rings. The van der Waals surface area contributed by atoms with Crippen LogP contribution in [-0.2, 0) is 0 Å². The van der Waals surface area contributed by atoms with Crippen LogP contribution in [0.2, 0.25) is 0 Å². The summed E-state index contributed by atoms with van der Waals surface area (Å²) in [6.45, 7) is 0.651. The Morgan fingerprint density at radius 3 is 2.67 bits per heavy atom. The third-order valence-corrected chi connectivity index (χ3v) is 4.32. The number of nitro benzene ring substituents is 1. The molecule has 6 heteroatoms. The molecule has 124 valence electrons. The highest BCUT2D eigenvalue weighted by molar-refractivity contribution is 5.95. The second-order valence-electron chi connectivity index (χ2n) is 5.74. The minimum Gasteiger partial charge on any atom is -0.497 e. The van der Waals surface area contributed by atoms with Crippen molar-refractivity contribution in [2.45, 2.75) is 18.9 Å². The maximum absolute atomic E-state index is 12.8. The number of likely N-dealkylation sites (tertiary alicyclic amines) is 1. The van der Waals surface area contributed by atoms with Crippen LogP contribution in [-0.4, -0.2) is 29.4 Å². The summed E-state index contributed by atoms with van der Waals surface area (Å²) in [4.78, 5) is 25.0. The van der Waals surface area contributed by atoms with Gasteiger partial charge in [-0.15, -0.1) is 0 Å². The number of carbonyl (C=O) groups is 1. The minimum absolute atomic E-state index is 0.0114. The van der Waals surface area contributed by atoms with E-state index in [4.69, 9.17) is 4.74 Å². The average molecular weight is 326 g/mol. The van der Waals surface area contributed by atoms with Crippen molar-refractivity contribution in [3.05, 3.63) is 69.8 Å². The molecule has 24 heavy (non-hydrogen) atoms. The molecule has 1 amide bonds. The molecule has 6 nitrogen and oxygen atoms in total. The molecule has 0 radical (unpaired) electrons. The van der Waals surface area contributed by atoms with Crippen LogP contribution in [0.15, 0.2) is 48.5 Å². The normalized spacial score (nSPS) is 16.9. The van der Waals surface area contributed by atoms with Gasteiger partial charge in [0.05, 0.1) is 18.1 Å². The average Bonchev–Trinajstić information content (AvgIpc) is 3.11. The molecule has 3 rings (SSSR count). The van der Waals surface area contributed by atoms with Crippen molar-refractivity contribution in [1.82, 2.24) is 4.90 Å². The van der Waals surface area contributed by atoms with Crippen LogP contribution < -0.4 is 4.74 Å². The zero-order chi connectivity index (χ0) is 17.1. The van der Waals surface area contributed by atoms with Gasteiger partial charge in [0, 0.05) is 24.2 Å². The molecule has 0 saturated carbocycles. The molecule has 1 aliphatic rings. The SMILES string of the molecule is COc1ccc(C2CCCN2C(=O)c2cccc([N+](=O)[O-])c2)cc1. The smallest absolute Gasteiger partial charge is 0.270 e. The van der Waals surface area contributed by atoms with Crippen LogP contribution in [0.5, 0.6) is 5.75 Å². The standard InChI is InChI=1S/C18H18N2O4/c1-24-16-9-7-13(8-10-16)17-6-3-11-19(17)18(21)14-4-2-5-15(12-14)20(22)23/h2,4-5,7-10,12,17H,3,6,11H2,1H3. The zero-order valence-electron chi connectivity index (χ0n) is 13.3. The number of hydrogen-bond donors (Lipinski definition) is 0. The van der Waals surface area contributed by atoms with Gasteiger partial charge in [0.1, 0.15) is 5.75 Å². The Bertz CT molecular complexity index is 758. The highest BCUT2D eigenvalue weighted by Crippen LogP contribution is 2.34. The van der Waals surface area contributed by atoms with E-state index in [1.165, 1.54) is 12.1 Å². The Morgan fingerprint density at radius 2 is 2.00 bits per heavy atom. The largest absolute Gasteiger partial charge is 0.497 e. The minimum atomic E-state index is -0.484. The number of non-ortho nitro benzene ring substituents is 1. The van der Waals surface area contributed by atoms with Gasteiger partial charge < -0.3 is 9.64 Å². The maximum atomic E-state index is 12.8. The number of rotatable bonds is 4. The van der Waals surface area contributed by atoms with Gasteiger partial charge in [-0.2, -0.15) is 0 Å². The van der Waals surface area contributed by atoms with E-state index in [1.807, 2.05) is 24.3 Å². The fourth-order valence-electron chi connectivity index (χ4n) is 3.10. The quantitative estimate of drug-likeness (QED) is 0.636. The van der Waals surface area contributed by atoms with Crippen molar-refractivity contribution < 1.29 is 14.5 Å². The summed E-state index contributed by atoms with van der Waals surface area (Å²) in [5, 5.41) is 10.9. The fourth-order valence-corrected chi connectivity index (χ4v) is 3.10. The van der Waals surface area contributed by atoms with Crippen LogP contribution in [0.25, 0.3) is 0 Å². The van der Waals surface area contributed by atoms with E-state index in [0.717, 1.165) is 24.2 Å². The number of hydrogen-bond acceptors (Lipinski definition) is 4. The van der Waals surface area contributed by atoms with Gasteiger partial charge in [-0.05, 0) is 36.6 Å².